The standard InChI is InChI=1S/C20H15Cl2F2N3O2/c21-15-3-1-11(8-16(15)22)19-14-7-12(20(29)26-6-5-13(28)9-26)2-4-17(14)27(25-19)10-18(23)24/h1-4,7-8,18H,5-6,9-10H2. The molecule has 0 aliphatic carbocycles. The predicted molar refractivity (Wildman–Crippen MR) is 107 cm³/mol. The number of carbonyl (C=O) groups is 2. The molecule has 150 valence electrons. The van der Waals surface area contributed by atoms with E-state index in [1.807, 2.05) is 0 Å². The molecule has 1 saturated heterocycles. The van der Waals surface area contributed by atoms with Gasteiger partial charge >= 0.3 is 0 Å². The first kappa shape index (κ1) is 19.8. The van der Waals surface area contributed by atoms with Gasteiger partial charge in [0.15, 0.2) is 5.78 Å². The molecule has 0 saturated carbocycles. The molecule has 0 unspecified atom stereocenters. The fourth-order valence-electron chi connectivity index (χ4n) is 3.43. The summed E-state index contributed by atoms with van der Waals surface area (Å²) < 4.78 is 27.3. The van der Waals surface area contributed by atoms with E-state index in [1.54, 1.807) is 36.4 Å². The van der Waals surface area contributed by atoms with Crippen molar-refractivity contribution in [3.63, 3.8) is 0 Å². The molecule has 29 heavy (non-hydrogen) atoms. The molecule has 1 aliphatic heterocycles. The van der Waals surface area contributed by atoms with Gasteiger partial charge < -0.3 is 4.90 Å². The number of benzene rings is 2. The second-order valence-electron chi connectivity index (χ2n) is 6.80. The number of hydrogen-bond acceptors (Lipinski definition) is 3. The van der Waals surface area contributed by atoms with E-state index in [-0.39, 0.29) is 18.2 Å². The van der Waals surface area contributed by atoms with E-state index in [1.165, 1.54) is 9.58 Å². The maximum atomic E-state index is 13.0. The first-order valence-corrected chi connectivity index (χ1v) is 9.64. The lowest BCUT2D eigenvalue weighted by Gasteiger charge is -2.14. The average molecular weight is 438 g/mol. The minimum atomic E-state index is -2.59. The van der Waals surface area contributed by atoms with Gasteiger partial charge in [-0.3, -0.25) is 14.3 Å². The van der Waals surface area contributed by atoms with Gasteiger partial charge in [-0.25, -0.2) is 8.78 Å². The van der Waals surface area contributed by atoms with Crippen molar-refractivity contribution in [2.75, 3.05) is 13.1 Å². The molecule has 9 heteroatoms. The number of fused-ring (bicyclic) bond motifs is 1. The zero-order chi connectivity index (χ0) is 20.7. The summed E-state index contributed by atoms with van der Waals surface area (Å²) in [6.07, 6.45) is -2.24. The van der Waals surface area contributed by atoms with Crippen molar-refractivity contribution in [2.45, 2.75) is 19.4 Å². The highest BCUT2D eigenvalue weighted by Crippen LogP contribution is 2.33. The number of ketones is 1. The highest BCUT2D eigenvalue weighted by molar-refractivity contribution is 6.42. The zero-order valence-corrected chi connectivity index (χ0v) is 16.6. The zero-order valence-electron chi connectivity index (χ0n) is 15.0. The summed E-state index contributed by atoms with van der Waals surface area (Å²) in [6, 6.07) is 9.67. The van der Waals surface area contributed by atoms with E-state index < -0.39 is 13.0 Å². The van der Waals surface area contributed by atoms with Gasteiger partial charge in [-0.1, -0.05) is 29.3 Å². The van der Waals surface area contributed by atoms with Crippen molar-refractivity contribution in [2.24, 2.45) is 0 Å². The summed E-state index contributed by atoms with van der Waals surface area (Å²) >= 11 is 12.1. The van der Waals surface area contributed by atoms with Crippen LogP contribution in [0.3, 0.4) is 0 Å². The van der Waals surface area contributed by atoms with Gasteiger partial charge in [-0.15, -0.1) is 0 Å². The van der Waals surface area contributed by atoms with Crippen LogP contribution in [0.15, 0.2) is 36.4 Å². The van der Waals surface area contributed by atoms with Gasteiger partial charge in [-0.05, 0) is 30.3 Å². The number of Topliss-reactive ketones (excluding diaryl/α,β-unsaturated/α-hetero) is 1. The van der Waals surface area contributed by atoms with Crippen LogP contribution >= 0.6 is 23.2 Å². The third-order valence-corrected chi connectivity index (χ3v) is 5.56. The molecule has 1 fully saturated rings. The highest BCUT2D eigenvalue weighted by atomic mass is 35.5. The third-order valence-electron chi connectivity index (χ3n) is 4.82. The third kappa shape index (κ3) is 3.84. The number of nitrogens with zero attached hydrogens (tertiary/aromatic N) is 3. The van der Waals surface area contributed by atoms with Crippen molar-refractivity contribution < 1.29 is 18.4 Å². The molecule has 0 radical (unpaired) electrons. The van der Waals surface area contributed by atoms with Crippen molar-refractivity contribution in [1.82, 2.24) is 14.7 Å². The fourth-order valence-corrected chi connectivity index (χ4v) is 3.72. The Morgan fingerprint density at radius 3 is 2.59 bits per heavy atom. The molecule has 0 bridgehead atoms. The first-order valence-electron chi connectivity index (χ1n) is 8.88. The maximum Gasteiger partial charge on any atom is 0.257 e. The molecule has 2 aromatic carbocycles. The average Bonchev–Trinajstić information content (AvgIpc) is 3.27. The molecule has 3 aromatic rings. The Bertz CT molecular complexity index is 1130. The van der Waals surface area contributed by atoms with Crippen LogP contribution < -0.4 is 0 Å². The second-order valence-corrected chi connectivity index (χ2v) is 7.61. The van der Waals surface area contributed by atoms with E-state index in [4.69, 9.17) is 23.2 Å². The van der Waals surface area contributed by atoms with E-state index in [2.05, 4.69) is 5.10 Å². The molecule has 1 amide bonds. The van der Waals surface area contributed by atoms with Crippen LogP contribution in [0.1, 0.15) is 16.8 Å². The summed E-state index contributed by atoms with van der Waals surface area (Å²) in [5.74, 6) is -0.264. The van der Waals surface area contributed by atoms with Gasteiger partial charge in [0.25, 0.3) is 12.3 Å². The van der Waals surface area contributed by atoms with Crippen molar-refractivity contribution in [3.8, 4) is 11.3 Å². The maximum absolute atomic E-state index is 13.0. The summed E-state index contributed by atoms with van der Waals surface area (Å²) in [5.41, 5.74) is 1.86. The Hall–Kier alpha value is -2.51. The molecule has 5 nitrogen and oxygen atoms in total. The summed E-state index contributed by atoms with van der Waals surface area (Å²) in [4.78, 5) is 25.7. The van der Waals surface area contributed by atoms with Crippen molar-refractivity contribution >= 4 is 45.8 Å². The lowest BCUT2D eigenvalue weighted by Crippen LogP contribution is -2.28. The Labute approximate surface area is 174 Å². The number of hydrogen-bond donors (Lipinski definition) is 0. The normalized spacial score (nSPS) is 14.4. The number of rotatable bonds is 4. The molecule has 1 aromatic heterocycles. The van der Waals surface area contributed by atoms with Crippen LogP contribution in [0.25, 0.3) is 22.2 Å². The summed E-state index contributed by atoms with van der Waals surface area (Å²) in [7, 11) is 0. The van der Waals surface area contributed by atoms with E-state index >= 15 is 0 Å². The molecule has 4 rings (SSSR count). The number of amides is 1. The largest absolute Gasteiger partial charge is 0.331 e. The summed E-state index contributed by atoms with van der Waals surface area (Å²) in [5, 5.41) is 5.55. The molecular formula is C20H15Cl2F2N3O2. The molecule has 1 aliphatic rings. The SMILES string of the molecule is O=C1CCN(C(=O)c2ccc3c(c2)c(-c2ccc(Cl)c(Cl)c2)nn3CC(F)F)C1. The Kier molecular flexibility index (Phi) is 5.27. The monoisotopic (exact) mass is 437 g/mol. The quantitative estimate of drug-likeness (QED) is 0.594. The van der Waals surface area contributed by atoms with Gasteiger partial charge in [0, 0.05) is 29.5 Å². The van der Waals surface area contributed by atoms with Crippen LogP contribution in [-0.2, 0) is 11.3 Å². The minimum absolute atomic E-state index is 0.0145. The highest BCUT2D eigenvalue weighted by Gasteiger charge is 2.26. The molecule has 0 atom stereocenters. The van der Waals surface area contributed by atoms with Gasteiger partial charge in [0.1, 0.15) is 12.2 Å². The Balaban J connectivity index is 1.83. The smallest absolute Gasteiger partial charge is 0.257 e. The number of aromatic nitrogens is 2. The van der Waals surface area contributed by atoms with Crippen LogP contribution in [0.4, 0.5) is 8.78 Å². The Morgan fingerprint density at radius 1 is 1.14 bits per heavy atom. The fraction of sp³-hybridized carbons (Fsp3) is 0.250. The number of likely N-dealkylation sites (tertiary alicyclic amines) is 1. The van der Waals surface area contributed by atoms with Crippen LogP contribution in [0, 0.1) is 0 Å². The van der Waals surface area contributed by atoms with E-state index in [0.29, 0.717) is 50.7 Å². The molecule has 0 N–H and O–H groups in total. The summed E-state index contributed by atoms with van der Waals surface area (Å²) in [6.45, 7) is -0.118. The van der Waals surface area contributed by atoms with Gasteiger partial charge in [0.2, 0.25) is 0 Å². The number of carbonyl (C=O) groups excluding carboxylic acids is 2. The van der Waals surface area contributed by atoms with Crippen LogP contribution in [-0.4, -0.2) is 45.9 Å². The van der Waals surface area contributed by atoms with Crippen molar-refractivity contribution in [1.29, 1.82) is 0 Å². The van der Waals surface area contributed by atoms with Crippen LogP contribution in [0.2, 0.25) is 10.0 Å². The lowest BCUT2D eigenvalue weighted by molar-refractivity contribution is -0.116. The minimum Gasteiger partial charge on any atom is -0.331 e. The predicted octanol–water partition coefficient (Wildman–Crippen LogP) is 4.69. The van der Waals surface area contributed by atoms with Crippen molar-refractivity contribution in [3.05, 3.63) is 52.0 Å². The van der Waals surface area contributed by atoms with Gasteiger partial charge in [0.05, 0.1) is 22.1 Å². The Morgan fingerprint density at radius 2 is 1.93 bits per heavy atom. The molecular weight excluding hydrogens is 423 g/mol. The second kappa shape index (κ2) is 7.72. The van der Waals surface area contributed by atoms with Gasteiger partial charge in [-0.2, -0.15) is 5.10 Å². The number of alkyl halides is 2. The van der Waals surface area contributed by atoms with E-state index in [9.17, 15) is 18.4 Å². The number of halogens is 4. The topological polar surface area (TPSA) is 55.2 Å². The van der Waals surface area contributed by atoms with E-state index in [0.717, 1.165) is 0 Å². The first-order chi connectivity index (χ1) is 13.8. The molecule has 0 spiro atoms. The lowest BCUT2D eigenvalue weighted by atomic mass is 10.0. The van der Waals surface area contributed by atoms with Crippen LogP contribution in [0.5, 0.6) is 0 Å². The molecule has 2 heterocycles.